The van der Waals surface area contributed by atoms with Gasteiger partial charge in [0.1, 0.15) is 11.8 Å². The molecular weight excluding hydrogens is 358 g/mol. The number of methoxy groups -OCH3 is 1. The topological polar surface area (TPSA) is 96.0 Å². The van der Waals surface area contributed by atoms with Crippen LogP contribution < -0.4 is 10.1 Å². The number of benzene rings is 1. The number of sulfonamides is 1. The molecule has 0 radical (unpaired) electrons. The number of hydrogen-bond acceptors (Lipinski definition) is 5. The maximum absolute atomic E-state index is 12.7. The lowest BCUT2D eigenvalue weighted by Crippen LogP contribution is -2.50. The molecule has 0 fully saturated rings. The van der Waals surface area contributed by atoms with Crippen molar-refractivity contribution in [3.8, 4) is 5.75 Å². The smallest absolute Gasteiger partial charge is 0.242 e. The lowest BCUT2D eigenvalue weighted by molar-refractivity contribution is -0.140. The van der Waals surface area contributed by atoms with E-state index in [0.29, 0.717) is 12.3 Å². The summed E-state index contributed by atoms with van der Waals surface area (Å²) in [6.07, 6.45) is 1.03. The zero-order chi connectivity index (χ0) is 19.9. The molecule has 0 aliphatic heterocycles. The Morgan fingerprint density at radius 1 is 1.23 bits per heavy atom. The van der Waals surface area contributed by atoms with Crippen LogP contribution in [0.2, 0.25) is 0 Å². The first kappa shape index (κ1) is 21.9. The van der Waals surface area contributed by atoms with Crippen molar-refractivity contribution in [3.05, 3.63) is 29.8 Å². The lowest BCUT2D eigenvalue weighted by atomic mass is 10.1. The van der Waals surface area contributed by atoms with Crippen LogP contribution in [0.15, 0.2) is 24.3 Å². The van der Waals surface area contributed by atoms with Gasteiger partial charge in [0.2, 0.25) is 21.8 Å². The van der Waals surface area contributed by atoms with E-state index < -0.39 is 22.0 Å². The second kappa shape index (κ2) is 9.54. The Morgan fingerprint density at radius 3 is 2.27 bits per heavy atom. The van der Waals surface area contributed by atoms with Crippen LogP contribution in [0.1, 0.15) is 19.4 Å². The minimum absolute atomic E-state index is 0.179. The molecule has 1 aromatic rings. The highest BCUT2D eigenvalue weighted by Crippen LogP contribution is 2.15. The molecule has 1 atom stereocenters. The Balaban J connectivity index is 3.03. The second-order valence-electron chi connectivity index (χ2n) is 5.96. The summed E-state index contributed by atoms with van der Waals surface area (Å²) in [5, 5.41) is 2.68. The minimum Gasteiger partial charge on any atom is -0.497 e. The summed E-state index contributed by atoms with van der Waals surface area (Å²) in [5.74, 6) is -0.0657. The molecule has 1 aromatic carbocycles. The first-order valence-electron chi connectivity index (χ1n) is 8.21. The van der Waals surface area contributed by atoms with E-state index in [2.05, 4.69) is 5.32 Å². The van der Waals surface area contributed by atoms with Gasteiger partial charge >= 0.3 is 0 Å². The van der Waals surface area contributed by atoms with Crippen molar-refractivity contribution < 1.29 is 22.7 Å². The fourth-order valence-corrected chi connectivity index (χ4v) is 2.58. The van der Waals surface area contributed by atoms with Crippen molar-refractivity contribution in [2.24, 2.45) is 0 Å². The van der Waals surface area contributed by atoms with E-state index in [1.165, 1.54) is 11.9 Å². The van der Waals surface area contributed by atoms with Gasteiger partial charge in [0, 0.05) is 20.1 Å². The van der Waals surface area contributed by atoms with Gasteiger partial charge in [0.05, 0.1) is 19.9 Å². The van der Waals surface area contributed by atoms with E-state index in [0.717, 1.165) is 16.1 Å². The maximum Gasteiger partial charge on any atom is 0.242 e. The van der Waals surface area contributed by atoms with Gasteiger partial charge in [0.25, 0.3) is 0 Å². The van der Waals surface area contributed by atoms with Crippen molar-refractivity contribution in [3.63, 3.8) is 0 Å². The molecule has 0 bridgehead atoms. The second-order valence-corrected chi connectivity index (χ2v) is 8.05. The van der Waals surface area contributed by atoms with Gasteiger partial charge in [-0.3, -0.25) is 9.59 Å². The zero-order valence-electron chi connectivity index (χ0n) is 15.9. The third kappa shape index (κ3) is 6.30. The SMILES string of the molecule is CCNC(=O)[C@@H](C)N(Cc1ccc(OC)cc1)C(=O)CN(C)S(C)(=O)=O. The summed E-state index contributed by atoms with van der Waals surface area (Å²) in [5.41, 5.74) is 0.803. The number of carbonyl (C=O) groups excluding carboxylic acids is 2. The fraction of sp³-hybridized carbons (Fsp3) is 0.529. The molecule has 0 saturated heterocycles. The Kier molecular flexibility index (Phi) is 8.04. The van der Waals surface area contributed by atoms with Crippen molar-refractivity contribution in [1.82, 2.24) is 14.5 Å². The van der Waals surface area contributed by atoms with Crippen LogP contribution in [0.4, 0.5) is 0 Å². The summed E-state index contributed by atoms with van der Waals surface area (Å²) in [6, 6.07) is 6.38. The van der Waals surface area contributed by atoms with Crippen molar-refractivity contribution in [1.29, 1.82) is 0 Å². The van der Waals surface area contributed by atoms with Crippen LogP contribution in [0.3, 0.4) is 0 Å². The molecule has 0 unspecified atom stereocenters. The molecule has 0 heterocycles. The molecule has 0 saturated carbocycles. The molecule has 1 rings (SSSR count). The maximum atomic E-state index is 12.7. The van der Waals surface area contributed by atoms with Crippen LogP contribution in [0.5, 0.6) is 5.75 Å². The molecule has 26 heavy (non-hydrogen) atoms. The van der Waals surface area contributed by atoms with E-state index in [9.17, 15) is 18.0 Å². The van der Waals surface area contributed by atoms with Crippen molar-refractivity contribution in [2.45, 2.75) is 26.4 Å². The molecule has 0 aliphatic rings. The van der Waals surface area contributed by atoms with E-state index in [-0.39, 0.29) is 19.0 Å². The first-order valence-corrected chi connectivity index (χ1v) is 10.1. The van der Waals surface area contributed by atoms with E-state index in [1.807, 2.05) is 0 Å². The summed E-state index contributed by atoms with van der Waals surface area (Å²) in [7, 11) is -0.613. The fourth-order valence-electron chi connectivity index (χ4n) is 2.23. The number of carbonyl (C=O) groups is 2. The number of nitrogens with one attached hydrogen (secondary N) is 1. The average molecular weight is 385 g/mol. The molecule has 2 amide bonds. The molecule has 0 aliphatic carbocycles. The third-order valence-electron chi connectivity index (χ3n) is 3.95. The zero-order valence-corrected chi connectivity index (χ0v) is 16.7. The molecular formula is C17H27N3O5S. The quantitative estimate of drug-likeness (QED) is 0.665. The number of likely N-dealkylation sites (N-methyl/N-ethyl adjacent to an activating group) is 2. The van der Waals surface area contributed by atoms with Crippen LogP contribution in [0, 0.1) is 0 Å². The van der Waals surface area contributed by atoms with E-state index >= 15 is 0 Å². The predicted octanol–water partition coefficient (Wildman–Crippen LogP) is 0.440. The standard InChI is InChI=1S/C17H27N3O5S/c1-6-18-17(22)13(2)20(16(21)12-19(3)26(5,23)24)11-14-7-9-15(25-4)10-8-14/h7-10,13H,6,11-12H2,1-5H3,(H,18,22)/t13-/m1/s1. The Hall–Kier alpha value is -2.13. The van der Waals surface area contributed by atoms with Crippen LogP contribution in [-0.4, -0.2) is 69.0 Å². The van der Waals surface area contributed by atoms with Crippen molar-refractivity contribution in [2.75, 3.05) is 33.5 Å². The Morgan fingerprint density at radius 2 is 1.81 bits per heavy atom. The summed E-state index contributed by atoms with van der Waals surface area (Å²) < 4.78 is 29.2. The Bertz CT molecular complexity index is 718. The van der Waals surface area contributed by atoms with Crippen LogP contribution in [0.25, 0.3) is 0 Å². The Labute approximate surface area is 155 Å². The normalized spacial score (nSPS) is 12.5. The monoisotopic (exact) mass is 385 g/mol. The molecule has 146 valence electrons. The third-order valence-corrected chi connectivity index (χ3v) is 5.22. The van der Waals surface area contributed by atoms with Gasteiger partial charge < -0.3 is 15.0 Å². The minimum atomic E-state index is -3.50. The van der Waals surface area contributed by atoms with Gasteiger partial charge in [-0.2, -0.15) is 4.31 Å². The van der Waals surface area contributed by atoms with Crippen LogP contribution in [-0.2, 0) is 26.2 Å². The van der Waals surface area contributed by atoms with Gasteiger partial charge in [-0.1, -0.05) is 12.1 Å². The highest BCUT2D eigenvalue weighted by atomic mass is 32.2. The molecule has 0 aromatic heterocycles. The average Bonchev–Trinajstić information content (AvgIpc) is 2.58. The highest BCUT2D eigenvalue weighted by Gasteiger charge is 2.28. The van der Waals surface area contributed by atoms with Gasteiger partial charge in [0.15, 0.2) is 0 Å². The number of rotatable bonds is 9. The predicted molar refractivity (Wildman–Crippen MR) is 99.2 cm³/mol. The van der Waals surface area contributed by atoms with Gasteiger partial charge in [-0.05, 0) is 31.5 Å². The molecule has 1 N–H and O–H groups in total. The number of ether oxygens (including phenoxy) is 1. The molecule has 0 spiro atoms. The van der Waals surface area contributed by atoms with Gasteiger partial charge in [-0.25, -0.2) is 8.42 Å². The lowest BCUT2D eigenvalue weighted by Gasteiger charge is -2.30. The highest BCUT2D eigenvalue weighted by molar-refractivity contribution is 7.88. The molecule has 8 nitrogen and oxygen atoms in total. The largest absolute Gasteiger partial charge is 0.497 e. The molecule has 9 heteroatoms. The number of hydrogen-bond donors (Lipinski definition) is 1. The van der Waals surface area contributed by atoms with E-state index in [4.69, 9.17) is 4.74 Å². The van der Waals surface area contributed by atoms with Crippen molar-refractivity contribution >= 4 is 21.8 Å². The summed E-state index contributed by atoms with van der Waals surface area (Å²) in [6.45, 7) is 3.69. The van der Waals surface area contributed by atoms with Crippen LogP contribution >= 0.6 is 0 Å². The number of amides is 2. The number of nitrogens with zero attached hydrogens (tertiary/aromatic N) is 2. The summed E-state index contributed by atoms with van der Waals surface area (Å²) >= 11 is 0. The van der Waals surface area contributed by atoms with E-state index in [1.54, 1.807) is 45.2 Å². The summed E-state index contributed by atoms with van der Waals surface area (Å²) in [4.78, 5) is 26.3. The van der Waals surface area contributed by atoms with Gasteiger partial charge in [-0.15, -0.1) is 0 Å². The first-order chi connectivity index (χ1) is 12.1.